The maximum absolute atomic E-state index is 13.3. The number of nitrogens with one attached hydrogen (secondary N) is 1. The lowest BCUT2D eigenvalue weighted by atomic mass is 10.0. The molecule has 1 amide bonds. The van der Waals surface area contributed by atoms with Gasteiger partial charge in [-0.25, -0.2) is 0 Å². The number of hydrogen-bond donors (Lipinski definition) is 3. The molecule has 0 fully saturated rings. The van der Waals surface area contributed by atoms with Gasteiger partial charge in [-0.05, 0) is 51.4 Å². The second-order valence-corrected chi connectivity index (χ2v) is 20.4. The van der Waals surface area contributed by atoms with Crippen LogP contribution < -0.4 is 5.32 Å². The van der Waals surface area contributed by atoms with Gasteiger partial charge >= 0.3 is 5.97 Å². The van der Waals surface area contributed by atoms with Gasteiger partial charge in [0.15, 0.2) is 0 Å². The van der Waals surface area contributed by atoms with Crippen molar-refractivity contribution in [3.63, 3.8) is 0 Å². The highest BCUT2D eigenvalue weighted by Gasteiger charge is 2.24. The van der Waals surface area contributed by atoms with Crippen molar-refractivity contribution in [1.29, 1.82) is 0 Å². The Morgan fingerprint density at radius 3 is 1.09 bits per heavy atom. The fourth-order valence-corrected chi connectivity index (χ4v) is 9.37. The Hall–Kier alpha value is -1.40. The minimum absolute atomic E-state index is 0.0823. The number of esters is 1. The molecule has 0 rings (SSSR count). The van der Waals surface area contributed by atoms with E-state index in [-0.39, 0.29) is 24.9 Å². The van der Waals surface area contributed by atoms with Gasteiger partial charge in [0.05, 0.1) is 25.2 Å². The maximum Gasteiger partial charge on any atom is 0.306 e. The van der Waals surface area contributed by atoms with Crippen LogP contribution in [0.2, 0.25) is 0 Å². The number of allylic oxidation sites excluding steroid dienone is 2. The van der Waals surface area contributed by atoms with E-state index in [0.29, 0.717) is 19.3 Å². The maximum atomic E-state index is 13.3. The van der Waals surface area contributed by atoms with Crippen LogP contribution in [0, 0.1) is 0 Å². The minimum Gasteiger partial charge on any atom is -0.462 e. The zero-order chi connectivity index (χ0) is 47.4. The van der Waals surface area contributed by atoms with Gasteiger partial charge in [0.25, 0.3) is 0 Å². The Labute approximate surface area is 406 Å². The molecule has 386 valence electrons. The first kappa shape index (κ1) is 63.6. The van der Waals surface area contributed by atoms with E-state index in [1.54, 1.807) is 0 Å². The van der Waals surface area contributed by atoms with E-state index < -0.39 is 18.2 Å². The number of hydrogen-bond acceptors (Lipinski definition) is 5. The van der Waals surface area contributed by atoms with Crippen LogP contribution in [-0.4, -0.2) is 46.9 Å². The van der Waals surface area contributed by atoms with Crippen molar-refractivity contribution in [2.45, 2.75) is 347 Å². The molecule has 0 aromatic carbocycles. The Bertz CT molecular complexity index is 986. The van der Waals surface area contributed by atoms with Crippen LogP contribution in [0.4, 0.5) is 0 Å². The van der Waals surface area contributed by atoms with Gasteiger partial charge in [0, 0.05) is 6.42 Å². The number of carbonyl (C=O) groups excluding carboxylic acids is 2. The zero-order valence-electron chi connectivity index (χ0n) is 44.2. The van der Waals surface area contributed by atoms with Gasteiger partial charge < -0.3 is 20.3 Å². The molecule has 6 heteroatoms. The predicted molar refractivity (Wildman–Crippen MR) is 283 cm³/mol. The van der Waals surface area contributed by atoms with Gasteiger partial charge in [-0.3, -0.25) is 9.59 Å². The molecule has 0 bridgehead atoms. The predicted octanol–water partition coefficient (Wildman–Crippen LogP) is 18.1. The third kappa shape index (κ3) is 48.9. The van der Waals surface area contributed by atoms with Crippen molar-refractivity contribution in [3.05, 3.63) is 12.2 Å². The molecular formula is C59H115NO5. The molecule has 0 spiro atoms. The Kier molecular flexibility index (Phi) is 52.4. The first-order chi connectivity index (χ1) is 32.0. The lowest BCUT2D eigenvalue weighted by Crippen LogP contribution is -2.46. The highest BCUT2D eigenvalue weighted by molar-refractivity contribution is 5.77. The molecule has 65 heavy (non-hydrogen) atoms. The number of aliphatic hydroxyl groups excluding tert-OH is 2. The summed E-state index contributed by atoms with van der Waals surface area (Å²) in [4.78, 5) is 26.3. The summed E-state index contributed by atoms with van der Waals surface area (Å²) < 4.78 is 5.97. The van der Waals surface area contributed by atoms with Crippen molar-refractivity contribution in [3.8, 4) is 0 Å². The van der Waals surface area contributed by atoms with E-state index in [9.17, 15) is 19.8 Å². The molecule has 0 aromatic rings. The highest BCUT2D eigenvalue weighted by Crippen LogP contribution is 2.19. The van der Waals surface area contributed by atoms with Crippen LogP contribution in [0.25, 0.3) is 0 Å². The van der Waals surface area contributed by atoms with E-state index in [0.717, 1.165) is 51.4 Å². The minimum atomic E-state index is -0.784. The summed E-state index contributed by atoms with van der Waals surface area (Å²) in [6.45, 7) is 6.53. The van der Waals surface area contributed by atoms with Gasteiger partial charge in [-0.1, -0.05) is 277 Å². The van der Waals surface area contributed by atoms with Crippen LogP contribution in [0.5, 0.6) is 0 Å². The number of amides is 1. The van der Waals surface area contributed by atoms with Crippen molar-refractivity contribution >= 4 is 11.9 Å². The van der Waals surface area contributed by atoms with Crippen LogP contribution in [0.1, 0.15) is 329 Å². The van der Waals surface area contributed by atoms with E-state index in [1.807, 2.05) is 0 Å². The number of ether oxygens (including phenoxy) is 1. The fraction of sp³-hybridized carbons (Fsp3) is 0.932. The Morgan fingerprint density at radius 1 is 0.431 bits per heavy atom. The molecule has 0 radical (unpaired) electrons. The summed E-state index contributed by atoms with van der Waals surface area (Å²) in [5, 5.41) is 23.9. The van der Waals surface area contributed by atoms with Crippen LogP contribution >= 0.6 is 0 Å². The van der Waals surface area contributed by atoms with Crippen molar-refractivity contribution < 1.29 is 24.5 Å². The largest absolute Gasteiger partial charge is 0.462 e. The molecule has 3 atom stereocenters. The number of unbranched alkanes of at least 4 members (excludes halogenated alkanes) is 40. The number of rotatable bonds is 54. The summed E-state index contributed by atoms with van der Waals surface area (Å²) in [5.74, 6) is -0.459. The second kappa shape index (κ2) is 53.6. The summed E-state index contributed by atoms with van der Waals surface area (Å²) in [5.41, 5.74) is 0. The summed E-state index contributed by atoms with van der Waals surface area (Å²) in [6, 6.07) is -0.697. The number of aliphatic hydroxyl groups is 2. The quantitative estimate of drug-likeness (QED) is 0.0321. The summed E-state index contributed by atoms with van der Waals surface area (Å²) in [7, 11) is 0. The molecular weight excluding hydrogens is 803 g/mol. The lowest BCUT2D eigenvalue weighted by molar-refractivity contribution is -0.151. The third-order valence-corrected chi connectivity index (χ3v) is 13.8. The van der Waals surface area contributed by atoms with Crippen molar-refractivity contribution in [1.82, 2.24) is 5.32 Å². The second-order valence-electron chi connectivity index (χ2n) is 20.4. The molecule has 0 aliphatic carbocycles. The molecule has 0 saturated heterocycles. The SMILES string of the molecule is CCCCCCCCC/C=C/CCCCCCCC(=O)OC(CCCCCCCCCCCCCCCCC)CC(=O)NC(CO)C(O)CCCCCCCCCCCCCCCCC. The molecule has 6 nitrogen and oxygen atoms in total. The fourth-order valence-electron chi connectivity index (χ4n) is 9.37. The van der Waals surface area contributed by atoms with Crippen LogP contribution in [0.3, 0.4) is 0 Å². The monoisotopic (exact) mass is 918 g/mol. The molecule has 0 saturated carbocycles. The standard InChI is InChI=1S/C59H115NO5/c1-4-7-10-13-16-19-22-25-28-31-34-37-40-43-46-49-52-59(64)65-55(50-47-44-41-38-35-32-29-26-23-20-17-14-11-8-5-2)53-58(63)60-56(54-61)57(62)51-48-45-42-39-36-33-30-27-24-21-18-15-12-9-6-3/h28,31,55-57,61-62H,4-27,29-30,32-54H2,1-3H3,(H,60,63)/b31-28+. The third-order valence-electron chi connectivity index (χ3n) is 13.8. The number of carbonyl (C=O) groups is 2. The van der Waals surface area contributed by atoms with Crippen LogP contribution in [0.15, 0.2) is 12.2 Å². The summed E-state index contributed by atoms with van der Waals surface area (Å²) >= 11 is 0. The van der Waals surface area contributed by atoms with E-state index in [1.165, 1.54) is 231 Å². The molecule has 3 unspecified atom stereocenters. The van der Waals surface area contributed by atoms with Gasteiger partial charge in [-0.2, -0.15) is 0 Å². The van der Waals surface area contributed by atoms with E-state index in [2.05, 4.69) is 38.2 Å². The first-order valence-corrected chi connectivity index (χ1v) is 29.4. The summed E-state index contributed by atoms with van der Waals surface area (Å²) in [6.07, 6.45) is 61.3. The molecule has 0 aromatic heterocycles. The molecule has 0 heterocycles. The van der Waals surface area contributed by atoms with Gasteiger partial charge in [-0.15, -0.1) is 0 Å². The molecule has 0 aliphatic heterocycles. The van der Waals surface area contributed by atoms with Crippen molar-refractivity contribution in [2.24, 2.45) is 0 Å². The normalized spacial score (nSPS) is 13.1. The topological polar surface area (TPSA) is 95.9 Å². The lowest BCUT2D eigenvalue weighted by Gasteiger charge is -2.24. The Morgan fingerprint density at radius 2 is 0.738 bits per heavy atom. The smallest absolute Gasteiger partial charge is 0.306 e. The molecule has 3 N–H and O–H groups in total. The average Bonchev–Trinajstić information content (AvgIpc) is 3.30. The van der Waals surface area contributed by atoms with E-state index >= 15 is 0 Å². The molecule has 0 aliphatic rings. The van der Waals surface area contributed by atoms with E-state index in [4.69, 9.17) is 4.74 Å². The first-order valence-electron chi connectivity index (χ1n) is 29.4. The Balaban J connectivity index is 4.51. The van der Waals surface area contributed by atoms with Crippen LogP contribution in [-0.2, 0) is 14.3 Å². The average molecular weight is 919 g/mol. The van der Waals surface area contributed by atoms with Crippen molar-refractivity contribution in [2.75, 3.05) is 6.61 Å². The zero-order valence-corrected chi connectivity index (χ0v) is 44.2. The van der Waals surface area contributed by atoms with Gasteiger partial charge in [0.2, 0.25) is 5.91 Å². The highest BCUT2D eigenvalue weighted by atomic mass is 16.5. The van der Waals surface area contributed by atoms with Gasteiger partial charge in [0.1, 0.15) is 6.10 Å².